The minimum Gasteiger partial charge on any atom is -0.382 e. The van der Waals surface area contributed by atoms with Crippen molar-refractivity contribution in [1.82, 2.24) is 0 Å². The summed E-state index contributed by atoms with van der Waals surface area (Å²) in [6, 6.07) is 5.10. The minimum absolute atomic E-state index is 0.219. The van der Waals surface area contributed by atoms with E-state index < -0.39 is 0 Å². The lowest BCUT2D eigenvalue weighted by atomic mass is 10.1. The molecule has 0 heterocycles. The fourth-order valence-electron chi connectivity index (χ4n) is 1.64. The third-order valence-corrected chi connectivity index (χ3v) is 2.81. The van der Waals surface area contributed by atoms with Crippen LogP contribution in [0.3, 0.4) is 0 Å². The van der Waals surface area contributed by atoms with Gasteiger partial charge in [0.2, 0.25) is 0 Å². The summed E-state index contributed by atoms with van der Waals surface area (Å²) in [5, 5.41) is 3.36. The van der Waals surface area contributed by atoms with Gasteiger partial charge in [-0.1, -0.05) is 13.8 Å². The average Bonchev–Trinajstić information content (AvgIpc) is 2.08. The van der Waals surface area contributed by atoms with E-state index in [0.717, 1.165) is 16.6 Å². The smallest absolute Gasteiger partial charge is 0.124 e. The summed E-state index contributed by atoms with van der Waals surface area (Å²) in [6.07, 6.45) is 1.10. The van der Waals surface area contributed by atoms with Gasteiger partial charge in [0, 0.05) is 16.2 Å². The molecule has 0 spiro atoms. The molecule has 3 heteroatoms. The third-order valence-electron chi connectivity index (χ3n) is 2.16. The molecule has 1 nitrogen and oxygen atoms in total. The Morgan fingerprint density at radius 2 is 2.00 bits per heavy atom. The maximum atomic E-state index is 12.8. The Kier molecular flexibility index (Phi) is 4.58. The highest BCUT2D eigenvalue weighted by Gasteiger charge is 2.07. The van der Waals surface area contributed by atoms with Crippen molar-refractivity contribution in [2.75, 3.05) is 5.32 Å². The fraction of sp³-hybridized carbons (Fsp3) is 0.500. The lowest BCUT2D eigenvalue weighted by Gasteiger charge is -2.18. The van der Waals surface area contributed by atoms with E-state index in [0.29, 0.717) is 12.0 Å². The van der Waals surface area contributed by atoms with Crippen LogP contribution in [0.4, 0.5) is 10.1 Å². The number of nitrogens with one attached hydrogen (secondary N) is 1. The lowest BCUT2D eigenvalue weighted by Crippen LogP contribution is -2.17. The molecule has 0 aliphatic carbocycles. The molecule has 1 atom stereocenters. The van der Waals surface area contributed by atoms with E-state index in [4.69, 9.17) is 0 Å². The molecule has 0 fully saturated rings. The van der Waals surface area contributed by atoms with Gasteiger partial charge in [0.25, 0.3) is 0 Å². The average molecular weight is 274 g/mol. The maximum absolute atomic E-state index is 12.8. The molecule has 1 N–H and O–H groups in total. The first-order valence-electron chi connectivity index (χ1n) is 5.20. The molecule has 1 aromatic carbocycles. The summed E-state index contributed by atoms with van der Waals surface area (Å²) < 4.78 is 13.6. The highest BCUT2D eigenvalue weighted by atomic mass is 79.9. The summed E-state index contributed by atoms with van der Waals surface area (Å²) >= 11 is 3.34. The second-order valence-electron chi connectivity index (χ2n) is 4.30. The number of benzene rings is 1. The summed E-state index contributed by atoms with van der Waals surface area (Å²) in [7, 11) is 0. The fourth-order valence-corrected chi connectivity index (χ4v) is 2.10. The van der Waals surface area contributed by atoms with Gasteiger partial charge in [-0.15, -0.1) is 0 Å². The Morgan fingerprint density at radius 3 is 2.53 bits per heavy atom. The zero-order valence-corrected chi connectivity index (χ0v) is 10.9. The molecule has 0 bridgehead atoms. The van der Waals surface area contributed by atoms with E-state index in [-0.39, 0.29) is 5.82 Å². The Morgan fingerprint density at radius 1 is 1.33 bits per heavy atom. The second kappa shape index (κ2) is 5.50. The Bertz CT molecular complexity index is 325. The van der Waals surface area contributed by atoms with Crippen LogP contribution >= 0.6 is 15.9 Å². The van der Waals surface area contributed by atoms with Gasteiger partial charge in [0.05, 0.1) is 0 Å². The Balaban J connectivity index is 2.64. The highest BCUT2D eigenvalue weighted by molar-refractivity contribution is 9.10. The van der Waals surface area contributed by atoms with Gasteiger partial charge in [0.15, 0.2) is 0 Å². The molecule has 0 aliphatic heterocycles. The van der Waals surface area contributed by atoms with E-state index in [1.165, 1.54) is 12.1 Å². The number of halogens is 2. The number of hydrogen-bond donors (Lipinski definition) is 1. The van der Waals surface area contributed by atoms with Gasteiger partial charge in [-0.3, -0.25) is 0 Å². The van der Waals surface area contributed by atoms with E-state index >= 15 is 0 Å². The van der Waals surface area contributed by atoms with Crippen LogP contribution < -0.4 is 5.32 Å². The van der Waals surface area contributed by atoms with Gasteiger partial charge in [-0.2, -0.15) is 0 Å². The van der Waals surface area contributed by atoms with Crippen molar-refractivity contribution in [3.05, 3.63) is 28.5 Å². The van der Waals surface area contributed by atoms with Crippen LogP contribution in [0.5, 0.6) is 0 Å². The first-order chi connectivity index (χ1) is 6.99. The van der Waals surface area contributed by atoms with Crippen LogP contribution in [0.1, 0.15) is 27.2 Å². The summed E-state index contributed by atoms with van der Waals surface area (Å²) in [5.74, 6) is 0.440. The van der Waals surface area contributed by atoms with Crippen LogP contribution in [-0.2, 0) is 0 Å². The molecule has 84 valence electrons. The second-order valence-corrected chi connectivity index (χ2v) is 5.15. The van der Waals surface area contributed by atoms with Crippen molar-refractivity contribution >= 4 is 21.6 Å². The van der Waals surface area contributed by atoms with Gasteiger partial charge < -0.3 is 5.32 Å². The quantitative estimate of drug-likeness (QED) is 0.856. The molecule has 0 radical (unpaired) electrons. The zero-order chi connectivity index (χ0) is 11.4. The standard InChI is InChI=1S/C12H17BrFN/c1-8(2)6-9(3)15-12-5-4-10(14)7-11(12)13/h4-5,7-9,15H,6H2,1-3H3. The number of rotatable bonds is 4. The van der Waals surface area contributed by atoms with Crippen LogP contribution in [0, 0.1) is 11.7 Å². The van der Waals surface area contributed by atoms with E-state index in [2.05, 4.69) is 42.0 Å². The molecular formula is C12H17BrFN. The summed E-state index contributed by atoms with van der Waals surface area (Å²) in [4.78, 5) is 0. The number of anilines is 1. The van der Waals surface area contributed by atoms with Crippen molar-refractivity contribution < 1.29 is 4.39 Å². The van der Waals surface area contributed by atoms with Gasteiger partial charge in [-0.25, -0.2) is 4.39 Å². The van der Waals surface area contributed by atoms with E-state index in [1.54, 1.807) is 6.07 Å². The highest BCUT2D eigenvalue weighted by Crippen LogP contribution is 2.24. The van der Waals surface area contributed by atoms with Crippen molar-refractivity contribution in [2.24, 2.45) is 5.92 Å². The van der Waals surface area contributed by atoms with Crippen molar-refractivity contribution in [2.45, 2.75) is 33.2 Å². The van der Waals surface area contributed by atoms with Crippen molar-refractivity contribution in [3.8, 4) is 0 Å². The molecule has 0 aliphatic rings. The minimum atomic E-state index is -0.219. The predicted molar refractivity (Wildman–Crippen MR) is 66.6 cm³/mol. The van der Waals surface area contributed by atoms with Gasteiger partial charge in [-0.05, 0) is 53.4 Å². The first kappa shape index (κ1) is 12.5. The van der Waals surface area contributed by atoms with Gasteiger partial charge in [0.1, 0.15) is 5.82 Å². The van der Waals surface area contributed by atoms with Gasteiger partial charge >= 0.3 is 0 Å². The Labute approximate surface area is 99.2 Å². The van der Waals surface area contributed by atoms with E-state index in [9.17, 15) is 4.39 Å². The summed E-state index contributed by atoms with van der Waals surface area (Å²) in [6.45, 7) is 6.52. The molecule has 0 aromatic heterocycles. The lowest BCUT2D eigenvalue weighted by molar-refractivity contribution is 0.539. The molecule has 1 unspecified atom stereocenters. The van der Waals surface area contributed by atoms with Crippen LogP contribution in [0.25, 0.3) is 0 Å². The summed E-state index contributed by atoms with van der Waals surface area (Å²) in [5.41, 5.74) is 0.949. The van der Waals surface area contributed by atoms with Crippen LogP contribution in [-0.4, -0.2) is 6.04 Å². The maximum Gasteiger partial charge on any atom is 0.124 e. The third kappa shape index (κ3) is 4.20. The monoisotopic (exact) mass is 273 g/mol. The molecule has 0 amide bonds. The first-order valence-corrected chi connectivity index (χ1v) is 6.00. The normalized spacial score (nSPS) is 12.9. The molecule has 1 rings (SSSR count). The Hall–Kier alpha value is -0.570. The zero-order valence-electron chi connectivity index (χ0n) is 9.35. The molecule has 1 aromatic rings. The molecule has 0 saturated carbocycles. The van der Waals surface area contributed by atoms with Crippen molar-refractivity contribution in [1.29, 1.82) is 0 Å². The molecule has 15 heavy (non-hydrogen) atoms. The largest absolute Gasteiger partial charge is 0.382 e. The van der Waals surface area contributed by atoms with Crippen molar-refractivity contribution in [3.63, 3.8) is 0 Å². The van der Waals surface area contributed by atoms with E-state index in [1.807, 2.05) is 0 Å². The van der Waals surface area contributed by atoms with Crippen LogP contribution in [0.2, 0.25) is 0 Å². The number of hydrogen-bond acceptors (Lipinski definition) is 1. The molecular weight excluding hydrogens is 257 g/mol. The molecule has 0 saturated heterocycles. The SMILES string of the molecule is CC(C)CC(C)Nc1ccc(F)cc1Br. The topological polar surface area (TPSA) is 12.0 Å². The predicted octanol–water partition coefficient (Wildman–Crippen LogP) is 4.43. The van der Waals surface area contributed by atoms with Crippen LogP contribution in [0.15, 0.2) is 22.7 Å².